The number of pyridine rings is 1. The molecule has 1 aromatic heterocycles. The second-order valence-corrected chi connectivity index (χ2v) is 7.12. The van der Waals surface area contributed by atoms with E-state index in [9.17, 15) is 9.59 Å². The molecule has 0 bridgehead atoms. The lowest BCUT2D eigenvalue weighted by Crippen LogP contribution is -2.33. The van der Waals surface area contributed by atoms with E-state index < -0.39 is 11.5 Å². The van der Waals surface area contributed by atoms with E-state index in [-0.39, 0.29) is 17.1 Å². The lowest BCUT2D eigenvalue weighted by atomic mass is 10.2. The molecule has 0 saturated heterocycles. The van der Waals surface area contributed by atoms with Crippen molar-refractivity contribution in [3.63, 3.8) is 0 Å². The molecular formula is C20H15Cl3N2O2. The van der Waals surface area contributed by atoms with Crippen LogP contribution in [0.1, 0.15) is 21.5 Å². The summed E-state index contributed by atoms with van der Waals surface area (Å²) < 4.78 is 1.33. The highest BCUT2D eigenvalue weighted by Crippen LogP contribution is 2.25. The van der Waals surface area contributed by atoms with Gasteiger partial charge in [-0.25, -0.2) is 0 Å². The minimum absolute atomic E-state index is 0.0402. The number of aromatic nitrogens is 1. The second-order valence-electron chi connectivity index (χ2n) is 5.87. The summed E-state index contributed by atoms with van der Waals surface area (Å²) >= 11 is 18.5. The summed E-state index contributed by atoms with van der Waals surface area (Å²) in [6.07, 6.45) is 1.46. The highest BCUT2D eigenvalue weighted by molar-refractivity contribution is 6.36. The maximum Gasteiger partial charge on any atom is 0.263 e. The first kappa shape index (κ1) is 19.5. The molecule has 0 atom stereocenters. The smallest absolute Gasteiger partial charge is 0.263 e. The molecule has 0 aliphatic carbocycles. The highest BCUT2D eigenvalue weighted by Gasteiger charge is 2.15. The van der Waals surface area contributed by atoms with Crippen molar-refractivity contribution < 1.29 is 4.79 Å². The summed E-state index contributed by atoms with van der Waals surface area (Å²) in [5, 5.41) is 3.87. The van der Waals surface area contributed by atoms with Gasteiger partial charge in [0.2, 0.25) is 0 Å². The van der Waals surface area contributed by atoms with Crippen molar-refractivity contribution in [1.29, 1.82) is 0 Å². The zero-order valence-corrected chi connectivity index (χ0v) is 16.4. The number of halogens is 3. The fourth-order valence-electron chi connectivity index (χ4n) is 2.61. The zero-order chi connectivity index (χ0) is 19.4. The fraction of sp³-hybridized carbons (Fsp3) is 0.100. The molecule has 0 unspecified atom stereocenters. The minimum Gasteiger partial charge on any atom is -0.348 e. The molecule has 0 fully saturated rings. The normalized spacial score (nSPS) is 10.6. The van der Waals surface area contributed by atoms with Crippen LogP contribution in [0.15, 0.2) is 65.6 Å². The lowest BCUT2D eigenvalue weighted by molar-refractivity contribution is 0.0949. The van der Waals surface area contributed by atoms with Crippen molar-refractivity contribution in [2.75, 3.05) is 0 Å². The standard InChI is InChI=1S/C20H15Cl3N2O2/c21-14-9-15(19(26)24-10-13-5-2-1-3-6-13)20(27)25(11-14)12-16-17(22)7-4-8-18(16)23/h1-9,11H,10,12H2,(H,24,26). The summed E-state index contributed by atoms with van der Waals surface area (Å²) in [5.41, 5.74) is 0.999. The van der Waals surface area contributed by atoms with Gasteiger partial charge in [0.25, 0.3) is 11.5 Å². The Morgan fingerprint density at radius 2 is 1.63 bits per heavy atom. The number of benzene rings is 2. The molecule has 0 spiro atoms. The van der Waals surface area contributed by atoms with Gasteiger partial charge in [-0.1, -0.05) is 71.2 Å². The topological polar surface area (TPSA) is 51.1 Å². The van der Waals surface area contributed by atoms with Crippen LogP contribution in [0, 0.1) is 0 Å². The van der Waals surface area contributed by atoms with Crippen LogP contribution in [0.5, 0.6) is 0 Å². The average molecular weight is 422 g/mol. The molecule has 3 rings (SSSR count). The molecule has 0 aliphatic heterocycles. The Morgan fingerprint density at radius 3 is 2.30 bits per heavy atom. The molecule has 1 heterocycles. The first-order valence-corrected chi connectivity index (χ1v) is 9.24. The van der Waals surface area contributed by atoms with Crippen molar-refractivity contribution in [1.82, 2.24) is 9.88 Å². The Bertz CT molecular complexity index is 1010. The van der Waals surface area contributed by atoms with Gasteiger partial charge in [-0.05, 0) is 23.8 Å². The summed E-state index contributed by atoms with van der Waals surface area (Å²) in [6.45, 7) is 0.416. The predicted molar refractivity (Wildman–Crippen MR) is 109 cm³/mol. The van der Waals surface area contributed by atoms with Gasteiger partial charge in [0, 0.05) is 28.4 Å². The lowest BCUT2D eigenvalue weighted by Gasteiger charge is -2.12. The number of nitrogens with one attached hydrogen (secondary N) is 1. The van der Waals surface area contributed by atoms with Crippen molar-refractivity contribution in [2.24, 2.45) is 0 Å². The van der Waals surface area contributed by atoms with Crippen LogP contribution in [-0.4, -0.2) is 10.5 Å². The molecule has 3 aromatic rings. The summed E-state index contributed by atoms with van der Waals surface area (Å²) in [5.74, 6) is -0.495. The second kappa shape index (κ2) is 8.61. The summed E-state index contributed by atoms with van der Waals surface area (Å²) in [6, 6.07) is 15.9. The van der Waals surface area contributed by atoms with Crippen LogP contribution in [0.2, 0.25) is 15.1 Å². The molecule has 1 amide bonds. The zero-order valence-electron chi connectivity index (χ0n) is 14.1. The quantitative estimate of drug-likeness (QED) is 0.644. The van der Waals surface area contributed by atoms with E-state index in [1.807, 2.05) is 30.3 Å². The van der Waals surface area contributed by atoms with Gasteiger partial charge >= 0.3 is 0 Å². The van der Waals surface area contributed by atoms with E-state index in [0.717, 1.165) is 5.56 Å². The molecule has 1 N–H and O–H groups in total. The SMILES string of the molecule is O=C(NCc1ccccc1)c1cc(Cl)cn(Cc2c(Cl)cccc2Cl)c1=O. The molecule has 7 heteroatoms. The summed E-state index contributed by atoms with van der Waals surface area (Å²) in [7, 11) is 0. The van der Waals surface area contributed by atoms with Crippen LogP contribution in [0.25, 0.3) is 0 Å². The Morgan fingerprint density at radius 1 is 0.963 bits per heavy atom. The van der Waals surface area contributed by atoms with Crippen LogP contribution in [0.3, 0.4) is 0 Å². The molecule has 0 radical (unpaired) electrons. The van der Waals surface area contributed by atoms with Gasteiger partial charge in [0.15, 0.2) is 0 Å². The molecule has 4 nitrogen and oxygen atoms in total. The molecular weight excluding hydrogens is 407 g/mol. The van der Waals surface area contributed by atoms with Gasteiger partial charge in [0.05, 0.1) is 11.6 Å². The minimum atomic E-state index is -0.495. The maximum absolute atomic E-state index is 12.8. The van der Waals surface area contributed by atoms with Crippen molar-refractivity contribution in [3.8, 4) is 0 Å². The van der Waals surface area contributed by atoms with Gasteiger partial charge in [-0.3, -0.25) is 9.59 Å². The van der Waals surface area contributed by atoms with Gasteiger partial charge in [-0.15, -0.1) is 0 Å². The molecule has 2 aromatic carbocycles. The van der Waals surface area contributed by atoms with E-state index in [0.29, 0.717) is 22.2 Å². The number of carbonyl (C=O) groups excluding carboxylic acids is 1. The third kappa shape index (κ3) is 4.72. The third-order valence-corrected chi connectivity index (χ3v) is 4.90. The fourth-order valence-corrected chi connectivity index (χ4v) is 3.35. The first-order chi connectivity index (χ1) is 13.0. The van der Waals surface area contributed by atoms with Crippen molar-refractivity contribution in [3.05, 3.63) is 103 Å². The predicted octanol–water partition coefficient (Wildman–Crippen LogP) is 4.79. The monoisotopic (exact) mass is 420 g/mol. The number of amides is 1. The van der Waals surface area contributed by atoms with Crippen molar-refractivity contribution in [2.45, 2.75) is 13.1 Å². The average Bonchev–Trinajstić information content (AvgIpc) is 2.66. The van der Waals surface area contributed by atoms with Crippen LogP contribution >= 0.6 is 34.8 Å². The van der Waals surface area contributed by atoms with E-state index in [1.165, 1.54) is 16.8 Å². The number of nitrogens with zero attached hydrogens (tertiary/aromatic N) is 1. The van der Waals surface area contributed by atoms with E-state index in [4.69, 9.17) is 34.8 Å². The number of carbonyl (C=O) groups is 1. The maximum atomic E-state index is 12.8. The molecule has 27 heavy (non-hydrogen) atoms. The number of hydrogen-bond donors (Lipinski definition) is 1. The van der Waals surface area contributed by atoms with Gasteiger partial charge in [-0.2, -0.15) is 0 Å². The highest BCUT2D eigenvalue weighted by atomic mass is 35.5. The summed E-state index contributed by atoms with van der Waals surface area (Å²) in [4.78, 5) is 25.3. The number of hydrogen-bond acceptors (Lipinski definition) is 2. The van der Waals surface area contributed by atoms with Crippen LogP contribution in [0.4, 0.5) is 0 Å². The molecule has 0 saturated carbocycles. The Labute approximate surface area is 171 Å². The molecule has 0 aliphatic rings. The van der Waals surface area contributed by atoms with E-state index >= 15 is 0 Å². The van der Waals surface area contributed by atoms with Gasteiger partial charge in [0.1, 0.15) is 5.56 Å². The molecule has 138 valence electrons. The van der Waals surface area contributed by atoms with Crippen LogP contribution < -0.4 is 10.9 Å². The third-order valence-electron chi connectivity index (χ3n) is 3.98. The Balaban J connectivity index is 1.87. The van der Waals surface area contributed by atoms with Gasteiger partial charge < -0.3 is 9.88 Å². The van der Waals surface area contributed by atoms with E-state index in [1.54, 1.807) is 18.2 Å². The Hall–Kier alpha value is -2.27. The first-order valence-electron chi connectivity index (χ1n) is 8.10. The van der Waals surface area contributed by atoms with Crippen LogP contribution in [-0.2, 0) is 13.1 Å². The van der Waals surface area contributed by atoms with Crippen molar-refractivity contribution >= 4 is 40.7 Å². The number of rotatable bonds is 5. The van der Waals surface area contributed by atoms with E-state index in [2.05, 4.69) is 5.32 Å². The Kier molecular flexibility index (Phi) is 6.22. The largest absolute Gasteiger partial charge is 0.348 e.